The van der Waals surface area contributed by atoms with Gasteiger partial charge in [-0.2, -0.15) is 0 Å². The molecule has 0 aliphatic carbocycles. The molecular formula is C40H33N3O4. The fourth-order valence-corrected chi connectivity index (χ4v) is 6.45. The van der Waals surface area contributed by atoms with Gasteiger partial charge < -0.3 is 11.5 Å². The van der Waals surface area contributed by atoms with Crippen molar-refractivity contribution in [1.29, 1.82) is 0 Å². The van der Waals surface area contributed by atoms with Crippen LogP contribution in [0.1, 0.15) is 45.7 Å². The van der Waals surface area contributed by atoms with Gasteiger partial charge in [0.2, 0.25) is 11.8 Å². The number of nitrogens with two attached hydrogens (primary N) is 2. The van der Waals surface area contributed by atoms with E-state index in [1.165, 1.54) is 17.2 Å². The van der Waals surface area contributed by atoms with Crippen molar-refractivity contribution >= 4 is 65.7 Å². The smallest absolute Gasteiger partial charge is 0.259 e. The molecule has 0 fully saturated rings. The molecule has 8 rings (SSSR count). The highest BCUT2D eigenvalue weighted by Crippen LogP contribution is 2.44. The van der Waals surface area contributed by atoms with E-state index in [9.17, 15) is 19.2 Å². The molecule has 47 heavy (non-hydrogen) atoms. The molecule has 0 spiro atoms. The summed E-state index contributed by atoms with van der Waals surface area (Å²) < 4.78 is 0. The summed E-state index contributed by atoms with van der Waals surface area (Å²) in [6, 6.07) is 35.7. The number of amides is 2. The number of nitrogens with one attached hydrogen (secondary N) is 1. The number of rotatable bonds is 4. The van der Waals surface area contributed by atoms with E-state index in [1.54, 1.807) is 6.07 Å². The Labute approximate surface area is 270 Å². The summed E-state index contributed by atoms with van der Waals surface area (Å²) >= 11 is 0. The van der Waals surface area contributed by atoms with Gasteiger partial charge in [0.1, 0.15) is 0 Å². The third kappa shape index (κ3) is 5.42. The van der Waals surface area contributed by atoms with Gasteiger partial charge in [0.15, 0.2) is 0 Å². The number of primary amides is 2. The fraction of sp³-hybridized carbons (Fsp3) is 0.100. The van der Waals surface area contributed by atoms with Crippen molar-refractivity contribution in [2.75, 3.05) is 0 Å². The summed E-state index contributed by atoms with van der Waals surface area (Å²) in [6.07, 6.45) is 2.28. The molecule has 1 aromatic heterocycles. The van der Waals surface area contributed by atoms with Crippen molar-refractivity contribution in [1.82, 2.24) is 4.98 Å². The molecule has 1 heterocycles. The topological polar surface area (TPSA) is 136 Å². The van der Waals surface area contributed by atoms with E-state index in [0.717, 1.165) is 39.8 Å². The van der Waals surface area contributed by atoms with Crippen molar-refractivity contribution in [2.24, 2.45) is 11.5 Å². The van der Waals surface area contributed by atoms with Gasteiger partial charge in [0.05, 0.1) is 16.3 Å². The maximum Gasteiger partial charge on any atom is 0.259 e. The number of fused-ring (bicyclic) bond motifs is 4. The Bertz CT molecular complexity index is 2480. The first-order valence-corrected chi connectivity index (χ1v) is 15.5. The molecule has 5 N–H and O–H groups in total. The Morgan fingerprint density at radius 3 is 1.53 bits per heavy atom. The molecule has 8 aromatic rings. The van der Waals surface area contributed by atoms with Crippen molar-refractivity contribution in [3.8, 4) is 0 Å². The van der Waals surface area contributed by atoms with Gasteiger partial charge >= 0.3 is 0 Å². The van der Waals surface area contributed by atoms with E-state index in [4.69, 9.17) is 11.5 Å². The third-order valence-electron chi connectivity index (χ3n) is 8.61. The Balaban J connectivity index is 0.000000198. The first-order chi connectivity index (χ1) is 22.8. The van der Waals surface area contributed by atoms with Crippen LogP contribution in [0, 0.1) is 0 Å². The SMILES string of the molecule is CCc1ccccc1.CCc1ccccc1.NC(=O)c1ccc2c3cccc4cccc(c43)c3c4c(=O)[nH]c(=O)c4c(C(N)=O)c1c23. The number of carbonyl (C=O) groups is 2. The number of aryl methyl sites for hydroxylation is 2. The first kappa shape index (κ1) is 30.9. The lowest BCUT2D eigenvalue weighted by molar-refractivity contribution is 0.0999. The number of aromatic nitrogens is 1. The number of aromatic amines is 1. The van der Waals surface area contributed by atoms with Gasteiger partial charge in [-0.1, -0.05) is 117 Å². The van der Waals surface area contributed by atoms with Crippen molar-refractivity contribution < 1.29 is 9.59 Å². The Kier molecular flexibility index (Phi) is 8.38. The molecule has 0 saturated heterocycles. The van der Waals surface area contributed by atoms with Crippen LogP contribution in [0.5, 0.6) is 0 Å². The zero-order chi connectivity index (χ0) is 33.2. The second-order valence-electron chi connectivity index (χ2n) is 11.3. The van der Waals surface area contributed by atoms with Crippen molar-refractivity contribution in [3.63, 3.8) is 0 Å². The van der Waals surface area contributed by atoms with Gasteiger partial charge in [-0.3, -0.25) is 24.2 Å². The molecular weight excluding hydrogens is 586 g/mol. The fourth-order valence-electron chi connectivity index (χ4n) is 6.45. The zero-order valence-electron chi connectivity index (χ0n) is 26.1. The molecule has 0 aliphatic heterocycles. The predicted molar refractivity (Wildman–Crippen MR) is 192 cm³/mol. The lowest BCUT2D eigenvalue weighted by Crippen LogP contribution is -2.18. The monoisotopic (exact) mass is 619 g/mol. The summed E-state index contributed by atoms with van der Waals surface area (Å²) in [4.78, 5) is 52.7. The van der Waals surface area contributed by atoms with Gasteiger partial charge in [-0.05, 0) is 62.4 Å². The molecule has 0 saturated carbocycles. The highest BCUT2D eigenvalue weighted by molar-refractivity contribution is 6.42. The lowest BCUT2D eigenvalue weighted by atomic mass is 9.84. The van der Waals surface area contributed by atoms with Crippen LogP contribution in [0.3, 0.4) is 0 Å². The van der Waals surface area contributed by atoms with Crippen LogP contribution in [0.25, 0.3) is 53.9 Å². The maximum atomic E-state index is 12.9. The van der Waals surface area contributed by atoms with Crippen molar-refractivity contribution in [2.45, 2.75) is 26.7 Å². The number of benzene rings is 7. The molecule has 7 heteroatoms. The van der Waals surface area contributed by atoms with E-state index >= 15 is 0 Å². The van der Waals surface area contributed by atoms with Crippen LogP contribution in [0.4, 0.5) is 0 Å². The Morgan fingerprint density at radius 1 is 0.511 bits per heavy atom. The van der Waals surface area contributed by atoms with E-state index < -0.39 is 22.9 Å². The average molecular weight is 620 g/mol. The molecule has 0 radical (unpaired) electrons. The minimum absolute atomic E-state index is 0.0651. The quantitative estimate of drug-likeness (QED) is 0.143. The Morgan fingerprint density at radius 2 is 1.02 bits per heavy atom. The lowest BCUT2D eigenvalue weighted by Gasteiger charge is -2.18. The maximum absolute atomic E-state index is 12.9. The van der Waals surface area contributed by atoms with E-state index in [2.05, 4.69) is 67.4 Å². The summed E-state index contributed by atoms with van der Waals surface area (Å²) in [5, 5.41) is 5.44. The molecule has 0 aliphatic rings. The summed E-state index contributed by atoms with van der Waals surface area (Å²) in [7, 11) is 0. The molecule has 232 valence electrons. The number of H-pyrrole nitrogens is 1. The van der Waals surface area contributed by atoms with E-state index in [-0.39, 0.29) is 27.3 Å². The minimum Gasteiger partial charge on any atom is -0.366 e. The molecule has 0 bridgehead atoms. The molecule has 7 nitrogen and oxygen atoms in total. The van der Waals surface area contributed by atoms with E-state index in [0.29, 0.717) is 10.8 Å². The van der Waals surface area contributed by atoms with Crippen LogP contribution in [-0.2, 0) is 12.8 Å². The summed E-state index contributed by atoms with van der Waals surface area (Å²) in [5.41, 5.74) is 12.7. The molecule has 0 atom stereocenters. The average Bonchev–Trinajstić information content (AvgIpc) is 3.39. The summed E-state index contributed by atoms with van der Waals surface area (Å²) in [6.45, 7) is 4.32. The van der Waals surface area contributed by atoms with Gasteiger partial charge in [-0.15, -0.1) is 0 Å². The summed E-state index contributed by atoms with van der Waals surface area (Å²) in [5.74, 6) is -1.67. The van der Waals surface area contributed by atoms with Crippen LogP contribution >= 0.6 is 0 Å². The van der Waals surface area contributed by atoms with Gasteiger partial charge in [0, 0.05) is 16.3 Å². The number of hydrogen-bond acceptors (Lipinski definition) is 4. The largest absolute Gasteiger partial charge is 0.366 e. The van der Waals surface area contributed by atoms with Gasteiger partial charge in [0.25, 0.3) is 11.1 Å². The van der Waals surface area contributed by atoms with Crippen LogP contribution in [-0.4, -0.2) is 16.8 Å². The minimum atomic E-state index is -0.913. The van der Waals surface area contributed by atoms with Gasteiger partial charge in [-0.25, -0.2) is 0 Å². The van der Waals surface area contributed by atoms with Crippen molar-refractivity contribution in [3.05, 3.63) is 152 Å². The second kappa shape index (κ2) is 12.7. The van der Waals surface area contributed by atoms with E-state index in [1.807, 2.05) is 48.5 Å². The second-order valence-corrected chi connectivity index (χ2v) is 11.3. The highest BCUT2D eigenvalue weighted by Gasteiger charge is 2.27. The third-order valence-corrected chi connectivity index (χ3v) is 8.61. The van der Waals surface area contributed by atoms with Crippen LogP contribution in [0.2, 0.25) is 0 Å². The molecule has 7 aromatic carbocycles. The first-order valence-electron chi connectivity index (χ1n) is 15.5. The normalized spacial score (nSPS) is 11.0. The number of carbonyl (C=O) groups excluding carboxylic acids is 2. The highest BCUT2D eigenvalue weighted by atomic mass is 16.2. The zero-order valence-corrected chi connectivity index (χ0v) is 26.1. The van der Waals surface area contributed by atoms with Crippen LogP contribution < -0.4 is 22.6 Å². The van der Waals surface area contributed by atoms with Crippen LogP contribution in [0.15, 0.2) is 119 Å². The Hall–Kier alpha value is -6.08. The predicted octanol–water partition coefficient (Wildman–Crippen LogP) is 7.07. The number of hydrogen-bond donors (Lipinski definition) is 3. The molecule has 0 unspecified atom stereocenters. The standard InChI is InChI=1S/C24H13N3O4.2C8H10/c25-21(28)13-8-7-11-10-5-1-3-9-4-2-6-12(14(9)10)16-15(11)17(13)18(22(26)29)20-19(16)23(30)27-24(20)31;2*1-2-8-6-4-3-5-7-8/h1-8H,(H2,25,28)(H2,26,29)(H,27,30,31);2*3-7H,2H2,1H3. The molecule has 2 amide bonds.